The molecule has 2 unspecified atom stereocenters. The van der Waals surface area contributed by atoms with Crippen LogP contribution in [0.1, 0.15) is 71.4 Å². The minimum Gasteiger partial charge on any atom is -0.508 e. The number of ether oxygens (including phenoxy) is 2. The molecule has 0 aliphatic carbocycles. The van der Waals surface area contributed by atoms with Crippen molar-refractivity contribution in [2.45, 2.75) is 91.0 Å². The summed E-state index contributed by atoms with van der Waals surface area (Å²) in [7, 11) is 1.60. The van der Waals surface area contributed by atoms with Crippen LogP contribution in [-0.4, -0.2) is 46.2 Å². The van der Waals surface area contributed by atoms with Gasteiger partial charge in [-0.15, -0.1) is 0 Å². The highest BCUT2D eigenvalue weighted by Crippen LogP contribution is 2.36. The first kappa shape index (κ1) is 26.8. The molecule has 1 aromatic rings. The van der Waals surface area contributed by atoms with Gasteiger partial charge in [0.2, 0.25) is 0 Å². The molecule has 1 aliphatic heterocycles. The summed E-state index contributed by atoms with van der Waals surface area (Å²) in [6.45, 7) is 11.0. The Balaban J connectivity index is 1.96. The fourth-order valence-electron chi connectivity index (χ4n) is 4.27. The van der Waals surface area contributed by atoms with E-state index >= 15 is 0 Å². The molecule has 33 heavy (non-hydrogen) atoms. The Kier molecular flexibility index (Phi) is 8.66. The second-order valence-electron chi connectivity index (χ2n) is 9.92. The third-order valence-corrected chi connectivity index (χ3v) is 6.33. The highest BCUT2D eigenvalue weighted by molar-refractivity contribution is 5.92. The first-order valence-electron chi connectivity index (χ1n) is 11.4. The SMILES string of the molecule is COc1c(C)cc(O)cc1CC=C(C)CC(=O)C=C(C)CCC1(C)OC(C)(C)C(O)CC1=O. The number of hydrogen-bond acceptors (Lipinski definition) is 6. The van der Waals surface area contributed by atoms with Gasteiger partial charge in [-0.3, -0.25) is 9.59 Å². The number of hydrogen-bond donors (Lipinski definition) is 2. The van der Waals surface area contributed by atoms with Crippen molar-refractivity contribution in [1.29, 1.82) is 0 Å². The quantitative estimate of drug-likeness (QED) is 0.409. The van der Waals surface area contributed by atoms with Crippen molar-refractivity contribution >= 4 is 11.6 Å². The Hall–Kier alpha value is -2.44. The van der Waals surface area contributed by atoms with E-state index in [0.717, 1.165) is 28.0 Å². The number of ketones is 2. The van der Waals surface area contributed by atoms with Gasteiger partial charge in [-0.25, -0.2) is 0 Å². The van der Waals surface area contributed by atoms with Gasteiger partial charge in [0.05, 0.1) is 18.8 Å². The number of carbonyl (C=O) groups excluding carboxylic acids is 2. The van der Waals surface area contributed by atoms with Crippen molar-refractivity contribution in [3.63, 3.8) is 0 Å². The molecule has 6 nitrogen and oxygen atoms in total. The van der Waals surface area contributed by atoms with Crippen LogP contribution in [0.5, 0.6) is 11.5 Å². The normalized spacial score (nSPS) is 23.5. The Morgan fingerprint density at radius 2 is 1.91 bits per heavy atom. The molecule has 2 atom stereocenters. The van der Waals surface area contributed by atoms with E-state index in [1.54, 1.807) is 46.1 Å². The largest absolute Gasteiger partial charge is 0.508 e. The molecule has 1 fully saturated rings. The smallest absolute Gasteiger partial charge is 0.167 e. The molecular weight excluding hydrogens is 420 g/mol. The van der Waals surface area contributed by atoms with Crippen LogP contribution >= 0.6 is 0 Å². The van der Waals surface area contributed by atoms with Gasteiger partial charge < -0.3 is 19.7 Å². The van der Waals surface area contributed by atoms with Gasteiger partial charge in [0.25, 0.3) is 0 Å². The Bertz CT molecular complexity index is 956. The second kappa shape index (κ2) is 10.7. The number of rotatable bonds is 9. The summed E-state index contributed by atoms with van der Waals surface area (Å²) < 4.78 is 11.4. The summed E-state index contributed by atoms with van der Waals surface area (Å²) in [5.74, 6) is 0.820. The first-order valence-corrected chi connectivity index (χ1v) is 11.4. The fourth-order valence-corrected chi connectivity index (χ4v) is 4.27. The van der Waals surface area contributed by atoms with E-state index in [1.165, 1.54) is 0 Å². The van der Waals surface area contributed by atoms with Crippen LogP contribution in [0.4, 0.5) is 0 Å². The minimum absolute atomic E-state index is 0.00269. The molecule has 0 amide bonds. The highest BCUT2D eigenvalue weighted by atomic mass is 16.5. The molecule has 0 spiro atoms. The van der Waals surface area contributed by atoms with Gasteiger partial charge in [0, 0.05) is 18.4 Å². The van der Waals surface area contributed by atoms with Gasteiger partial charge in [-0.2, -0.15) is 0 Å². The van der Waals surface area contributed by atoms with E-state index in [1.807, 2.05) is 26.8 Å². The molecule has 0 saturated carbocycles. The van der Waals surface area contributed by atoms with Crippen molar-refractivity contribution in [3.05, 3.63) is 46.6 Å². The molecule has 1 heterocycles. The number of phenolic OH excluding ortho intramolecular Hbond substituents is 1. The van der Waals surface area contributed by atoms with Crippen molar-refractivity contribution in [1.82, 2.24) is 0 Å². The van der Waals surface area contributed by atoms with E-state index in [9.17, 15) is 19.8 Å². The zero-order chi connectivity index (χ0) is 25.0. The number of allylic oxidation sites excluding steroid dienone is 4. The van der Waals surface area contributed by atoms with Crippen molar-refractivity contribution in [3.8, 4) is 11.5 Å². The van der Waals surface area contributed by atoms with E-state index in [0.29, 0.717) is 25.7 Å². The Morgan fingerprint density at radius 1 is 1.24 bits per heavy atom. The van der Waals surface area contributed by atoms with Gasteiger partial charge in [0.15, 0.2) is 11.6 Å². The molecular formula is C27H38O6. The average molecular weight is 459 g/mol. The number of aryl methyl sites for hydroxylation is 1. The van der Waals surface area contributed by atoms with E-state index < -0.39 is 17.3 Å². The number of benzene rings is 1. The molecule has 1 aromatic carbocycles. The summed E-state index contributed by atoms with van der Waals surface area (Å²) >= 11 is 0. The maximum atomic E-state index is 12.5. The van der Waals surface area contributed by atoms with Crippen molar-refractivity contribution in [2.24, 2.45) is 0 Å². The van der Waals surface area contributed by atoms with Crippen LogP contribution in [-0.2, 0) is 20.7 Å². The summed E-state index contributed by atoms with van der Waals surface area (Å²) in [5.41, 5.74) is 1.80. The predicted octanol–water partition coefficient (Wildman–Crippen LogP) is 4.77. The second-order valence-corrected chi connectivity index (χ2v) is 9.92. The zero-order valence-electron chi connectivity index (χ0n) is 20.9. The maximum absolute atomic E-state index is 12.5. The summed E-state index contributed by atoms with van der Waals surface area (Å²) in [4.78, 5) is 25.0. The van der Waals surface area contributed by atoms with Crippen LogP contribution in [0.2, 0.25) is 0 Å². The molecule has 2 rings (SSSR count). The standard InChI is InChI=1S/C27H38O6/c1-17(8-9-20-15-22(29)14-19(3)25(20)32-7)12-21(28)13-18(2)10-11-27(6)24(31)16-23(30)26(4,5)33-27/h8,13-15,23,29-30H,9-12,16H2,1-7H3. The Labute approximate surface area is 197 Å². The van der Waals surface area contributed by atoms with Gasteiger partial charge in [0.1, 0.15) is 17.1 Å². The van der Waals surface area contributed by atoms with E-state index in [4.69, 9.17) is 9.47 Å². The van der Waals surface area contributed by atoms with Crippen LogP contribution in [0, 0.1) is 6.92 Å². The third-order valence-electron chi connectivity index (χ3n) is 6.33. The molecule has 0 bridgehead atoms. The molecule has 0 aromatic heterocycles. The van der Waals surface area contributed by atoms with Crippen LogP contribution < -0.4 is 4.74 Å². The number of phenols is 1. The lowest BCUT2D eigenvalue weighted by atomic mass is 9.81. The van der Waals surface area contributed by atoms with Gasteiger partial charge in [-0.05, 0) is 84.6 Å². The number of aliphatic hydroxyl groups excluding tert-OH is 1. The maximum Gasteiger partial charge on any atom is 0.167 e. The molecule has 1 aliphatic rings. The molecule has 0 radical (unpaired) electrons. The summed E-state index contributed by atoms with van der Waals surface area (Å²) in [5, 5.41) is 19.9. The average Bonchev–Trinajstić information content (AvgIpc) is 2.69. The highest BCUT2D eigenvalue weighted by Gasteiger charge is 2.48. The van der Waals surface area contributed by atoms with Crippen LogP contribution in [0.15, 0.2) is 35.4 Å². The first-order chi connectivity index (χ1) is 15.3. The minimum atomic E-state index is -0.963. The number of Topliss-reactive ketones (excluding diaryl/α,β-unsaturated/α-hetero) is 1. The van der Waals surface area contributed by atoms with Crippen LogP contribution in [0.3, 0.4) is 0 Å². The lowest BCUT2D eigenvalue weighted by Gasteiger charge is -2.45. The van der Waals surface area contributed by atoms with Gasteiger partial charge in [-0.1, -0.05) is 17.2 Å². The monoisotopic (exact) mass is 458 g/mol. The zero-order valence-corrected chi connectivity index (χ0v) is 20.9. The molecule has 1 saturated heterocycles. The fraction of sp³-hybridized carbons (Fsp3) is 0.556. The Morgan fingerprint density at radius 3 is 2.55 bits per heavy atom. The van der Waals surface area contributed by atoms with Crippen molar-refractivity contribution in [2.75, 3.05) is 7.11 Å². The number of methoxy groups -OCH3 is 1. The van der Waals surface area contributed by atoms with E-state index in [-0.39, 0.29) is 23.7 Å². The van der Waals surface area contributed by atoms with Crippen molar-refractivity contribution < 1.29 is 29.3 Å². The molecule has 6 heteroatoms. The van der Waals surface area contributed by atoms with Crippen LogP contribution in [0.25, 0.3) is 0 Å². The number of aromatic hydroxyl groups is 1. The summed E-state index contributed by atoms with van der Waals surface area (Å²) in [6, 6.07) is 3.34. The lowest BCUT2D eigenvalue weighted by Crippen LogP contribution is -2.57. The topological polar surface area (TPSA) is 93.1 Å². The third kappa shape index (κ3) is 7.02. The number of aliphatic hydroxyl groups is 1. The van der Waals surface area contributed by atoms with E-state index in [2.05, 4.69) is 0 Å². The van der Waals surface area contributed by atoms with Gasteiger partial charge >= 0.3 is 0 Å². The predicted molar refractivity (Wildman–Crippen MR) is 129 cm³/mol. The molecule has 2 N–H and O–H groups in total. The summed E-state index contributed by atoms with van der Waals surface area (Å²) in [6.07, 6.45) is 4.75. The number of carbonyl (C=O) groups is 2. The lowest BCUT2D eigenvalue weighted by molar-refractivity contribution is -0.211. The molecule has 182 valence electrons.